The van der Waals surface area contributed by atoms with Crippen molar-refractivity contribution in [3.63, 3.8) is 0 Å². The average molecular weight is 612 g/mol. The van der Waals surface area contributed by atoms with Gasteiger partial charge in [0.1, 0.15) is 23.9 Å². The number of aliphatic carboxylic acids is 1. The standard InChI is InChI=1S/C34H37N5O6/c40-24-14-12-22(13-15-24)18-30(34(44)45)39-32(42)28(17-21-7-2-1-3-8-21)37-33(43)29(38-31(41)27-11-6-16-35-27)19-23-20-36-26-10-5-4-9-25(23)26/h1-5,7-10,12-15,20,27-30,35-36,40H,6,11,16-19H2,(H,37,43)(H,38,41)(H,39,42)(H,44,45). The summed E-state index contributed by atoms with van der Waals surface area (Å²) in [6.07, 6.45) is 3.56. The average Bonchev–Trinajstić information content (AvgIpc) is 3.72. The molecule has 11 nitrogen and oxygen atoms in total. The van der Waals surface area contributed by atoms with Crippen molar-refractivity contribution in [1.82, 2.24) is 26.3 Å². The van der Waals surface area contributed by atoms with Crippen molar-refractivity contribution < 1.29 is 29.4 Å². The highest BCUT2D eigenvalue weighted by atomic mass is 16.4. The summed E-state index contributed by atoms with van der Waals surface area (Å²) in [6.45, 7) is 0.714. The van der Waals surface area contributed by atoms with Crippen LogP contribution in [0.5, 0.6) is 5.75 Å². The molecule has 1 aromatic heterocycles. The molecule has 4 atom stereocenters. The van der Waals surface area contributed by atoms with Crippen molar-refractivity contribution in [2.45, 2.75) is 56.3 Å². The van der Waals surface area contributed by atoms with Crippen LogP contribution in [0.4, 0.5) is 0 Å². The van der Waals surface area contributed by atoms with Gasteiger partial charge in [0.15, 0.2) is 0 Å². The minimum atomic E-state index is -1.28. The molecule has 4 unspecified atom stereocenters. The number of hydrogen-bond acceptors (Lipinski definition) is 6. The number of carboxylic acid groups (broad SMARTS) is 1. The molecule has 0 saturated carbocycles. The third kappa shape index (κ3) is 8.27. The zero-order valence-electron chi connectivity index (χ0n) is 24.7. The molecule has 1 aliphatic rings. The van der Waals surface area contributed by atoms with Crippen LogP contribution in [0.15, 0.2) is 85.1 Å². The van der Waals surface area contributed by atoms with Gasteiger partial charge in [0, 0.05) is 36.4 Å². The molecule has 3 amide bonds. The normalized spacial score (nSPS) is 16.4. The number of amides is 3. The van der Waals surface area contributed by atoms with E-state index < -0.39 is 42.0 Å². The highest BCUT2D eigenvalue weighted by Gasteiger charge is 2.32. The minimum Gasteiger partial charge on any atom is -0.508 e. The van der Waals surface area contributed by atoms with Crippen LogP contribution in [0, 0.1) is 0 Å². The molecule has 0 aliphatic carbocycles. The summed E-state index contributed by atoms with van der Waals surface area (Å²) in [5.74, 6) is -2.73. The Morgan fingerprint density at radius 2 is 1.38 bits per heavy atom. The number of aromatic hydroxyl groups is 1. The number of aromatic amines is 1. The van der Waals surface area contributed by atoms with Gasteiger partial charge in [0.25, 0.3) is 0 Å². The van der Waals surface area contributed by atoms with Crippen LogP contribution in [-0.2, 0) is 38.4 Å². The molecule has 4 aromatic rings. The van der Waals surface area contributed by atoms with E-state index >= 15 is 0 Å². The lowest BCUT2D eigenvalue weighted by Gasteiger charge is -2.25. The van der Waals surface area contributed by atoms with Crippen LogP contribution >= 0.6 is 0 Å². The smallest absolute Gasteiger partial charge is 0.326 e. The Kier molecular flexibility index (Phi) is 10.1. The van der Waals surface area contributed by atoms with Crippen LogP contribution in [0.1, 0.15) is 29.5 Å². The molecule has 1 aliphatic heterocycles. The molecule has 45 heavy (non-hydrogen) atoms. The first-order valence-electron chi connectivity index (χ1n) is 15.0. The van der Waals surface area contributed by atoms with Gasteiger partial charge in [0.2, 0.25) is 17.7 Å². The Bertz CT molecular complexity index is 1630. The summed E-state index contributed by atoms with van der Waals surface area (Å²) in [5.41, 5.74) is 3.08. The number of phenols is 1. The number of H-pyrrole nitrogens is 1. The molecular weight excluding hydrogens is 574 g/mol. The fraction of sp³-hybridized carbons (Fsp3) is 0.294. The van der Waals surface area contributed by atoms with E-state index in [1.807, 2.05) is 54.6 Å². The maximum Gasteiger partial charge on any atom is 0.326 e. The number of phenolic OH excluding ortho intramolecular Hbond substituents is 1. The van der Waals surface area contributed by atoms with Crippen molar-refractivity contribution in [2.24, 2.45) is 0 Å². The molecule has 7 N–H and O–H groups in total. The number of nitrogens with one attached hydrogen (secondary N) is 5. The number of fused-ring (bicyclic) bond motifs is 1. The van der Waals surface area contributed by atoms with Gasteiger partial charge in [-0.3, -0.25) is 14.4 Å². The summed E-state index contributed by atoms with van der Waals surface area (Å²) in [5, 5.41) is 31.8. The summed E-state index contributed by atoms with van der Waals surface area (Å²) >= 11 is 0. The van der Waals surface area contributed by atoms with E-state index in [9.17, 15) is 29.4 Å². The Balaban J connectivity index is 1.37. The minimum absolute atomic E-state index is 0.0268. The van der Waals surface area contributed by atoms with Crippen LogP contribution in [0.3, 0.4) is 0 Å². The van der Waals surface area contributed by atoms with Crippen LogP contribution < -0.4 is 21.3 Å². The second kappa shape index (κ2) is 14.5. The zero-order valence-corrected chi connectivity index (χ0v) is 24.7. The van der Waals surface area contributed by atoms with E-state index in [1.165, 1.54) is 12.1 Å². The predicted molar refractivity (Wildman–Crippen MR) is 168 cm³/mol. The number of hydrogen-bond donors (Lipinski definition) is 7. The quantitative estimate of drug-likeness (QED) is 0.121. The van der Waals surface area contributed by atoms with Crippen LogP contribution in [-0.4, -0.2) is 69.6 Å². The molecule has 234 valence electrons. The fourth-order valence-electron chi connectivity index (χ4n) is 5.58. The van der Waals surface area contributed by atoms with Crippen molar-refractivity contribution in [3.8, 4) is 5.75 Å². The van der Waals surface area contributed by atoms with Gasteiger partial charge < -0.3 is 36.5 Å². The first-order valence-corrected chi connectivity index (χ1v) is 15.0. The molecular formula is C34H37N5O6. The maximum atomic E-state index is 13.9. The Hall–Kier alpha value is -5.16. The van der Waals surface area contributed by atoms with Crippen molar-refractivity contribution >= 4 is 34.6 Å². The summed E-state index contributed by atoms with van der Waals surface area (Å²) < 4.78 is 0. The number of carbonyl (C=O) groups excluding carboxylic acids is 3. The molecule has 11 heteroatoms. The third-order valence-electron chi connectivity index (χ3n) is 8.02. The number of aromatic nitrogens is 1. The van der Waals surface area contributed by atoms with Crippen LogP contribution in [0.2, 0.25) is 0 Å². The number of rotatable bonds is 13. The Morgan fingerprint density at radius 3 is 2.07 bits per heavy atom. The molecule has 1 saturated heterocycles. The first-order chi connectivity index (χ1) is 21.8. The molecule has 0 spiro atoms. The number of carboxylic acids is 1. The molecule has 0 radical (unpaired) electrons. The van der Waals surface area contributed by atoms with Gasteiger partial charge in [-0.05, 0) is 54.3 Å². The number of benzene rings is 3. The molecule has 3 aromatic carbocycles. The van der Waals surface area contributed by atoms with E-state index in [0.717, 1.165) is 28.5 Å². The second-order valence-electron chi connectivity index (χ2n) is 11.3. The van der Waals surface area contributed by atoms with E-state index in [2.05, 4.69) is 26.3 Å². The largest absolute Gasteiger partial charge is 0.508 e. The van der Waals surface area contributed by atoms with Crippen LogP contribution in [0.25, 0.3) is 10.9 Å². The van der Waals surface area contributed by atoms with E-state index in [1.54, 1.807) is 18.3 Å². The highest BCUT2D eigenvalue weighted by Crippen LogP contribution is 2.20. The van der Waals surface area contributed by atoms with Gasteiger partial charge >= 0.3 is 5.97 Å². The second-order valence-corrected chi connectivity index (χ2v) is 11.3. The Morgan fingerprint density at radius 1 is 0.756 bits per heavy atom. The lowest BCUT2D eigenvalue weighted by atomic mass is 10.0. The maximum absolute atomic E-state index is 13.9. The third-order valence-corrected chi connectivity index (χ3v) is 8.02. The summed E-state index contributed by atoms with van der Waals surface area (Å²) in [4.78, 5) is 56.1. The van der Waals surface area contributed by atoms with Gasteiger partial charge in [-0.15, -0.1) is 0 Å². The van der Waals surface area contributed by atoms with E-state index in [-0.39, 0.29) is 30.9 Å². The van der Waals surface area contributed by atoms with E-state index in [0.29, 0.717) is 18.5 Å². The summed E-state index contributed by atoms with van der Waals surface area (Å²) in [6, 6.07) is 19.0. The highest BCUT2D eigenvalue weighted by molar-refractivity contribution is 5.95. The molecule has 0 bridgehead atoms. The summed E-state index contributed by atoms with van der Waals surface area (Å²) in [7, 11) is 0. The monoisotopic (exact) mass is 611 g/mol. The zero-order chi connectivity index (χ0) is 31.8. The van der Waals surface area contributed by atoms with Gasteiger partial charge in [-0.25, -0.2) is 4.79 Å². The van der Waals surface area contributed by atoms with Gasteiger partial charge in [-0.1, -0.05) is 60.7 Å². The first kappa shape index (κ1) is 31.3. The molecule has 2 heterocycles. The Labute approximate surface area is 260 Å². The lowest BCUT2D eigenvalue weighted by molar-refractivity contribution is -0.142. The number of carbonyl (C=O) groups is 4. The predicted octanol–water partition coefficient (Wildman–Crippen LogP) is 2.19. The van der Waals surface area contributed by atoms with Crippen molar-refractivity contribution in [2.75, 3.05) is 6.54 Å². The van der Waals surface area contributed by atoms with Crippen molar-refractivity contribution in [1.29, 1.82) is 0 Å². The number of para-hydroxylation sites is 1. The SMILES string of the molecule is O=C(O)C(Cc1ccc(O)cc1)NC(=O)C(Cc1ccccc1)NC(=O)C(Cc1c[nH]c2ccccc12)NC(=O)C1CCCN1. The fourth-order valence-corrected chi connectivity index (χ4v) is 5.58. The topological polar surface area (TPSA) is 173 Å². The lowest BCUT2D eigenvalue weighted by Crippen LogP contribution is -2.58. The van der Waals surface area contributed by atoms with Gasteiger partial charge in [0.05, 0.1) is 6.04 Å². The molecule has 5 rings (SSSR count). The van der Waals surface area contributed by atoms with E-state index in [4.69, 9.17) is 0 Å². The molecule has 1 fully saturated rings. The van der Waals surface area contributed by atoms with Gasteiger partial charge in [-0.2, -0.15) is 0 Å². The van der Waals surface area contributed by atoms with Crippen molar-refractivity contribution in [3.05, 3.63) is 102 Å².